The normalized spacial score (nSPS) is 12.8. The smallest absolute Gasteiger partial charge is 0.341 e. The number of aryl methyl sites for hydroxylation is 1. The first-order valence-electron chi connectivity index (χ1n) is 8.44. The van der Waals surface area contributed by atoms with Gasteiger partial charge in [0.2, 0.25) is 5.91 Å². The summed E-state index contributed by atoms with van der Waals surface area (Å²) in [6.45, 7) is 0.938. The largest absolute Gasteiger partial charge is 0.452 e. The molecule has 2 N–H and O–H groups in total. The summed E-state index contributed by atoms with van der Waals surface area (Å²) in [5, 5.41) is 6.16. The number of esters is 1. The number of nitrogens with one attached hydrogen (secondary N) is 2. The number of aromatic nitrogens is 1. The standard InChI is InChI=1S/C18H18ClN3O4S/c1-10(23)21-17-16(12-4-2-3-5-13(12)27-17)18(25)26-9-15(24)22-14-7-6-11(19)8-20-14/h6-8H,2-5,9H2,1H3,(H,21,23)(H,20,22,24). The molecule has 2 amide bonds. The zero-order chi connectivity index (χ0) is 19.4. The highest BCUT2D eigenvalue weighted by molar-refractivity contribution is 7.17. The molecule has 2 heterocycles. The summed E-state index contributed by atoms with van der Waals surface area (Å²) in [7, 11) is 0. The van der Waals surface area contributed by atoms with Crippen LogP contribution in [0.4, 0.5) is 10.8 Å². The minimum atomic E-state index is -0.614. The van der Waals surface area contributed by atoms with E-state index in [1.54, 1.807) is 12.1 Å². The van der Waals surface area contributed by atoms with E-state index in [1.165, 1.54) is 24.5 Å². The first-order valence-corrected chi connectivity index (χ1v) is 9.64. The molecule has 0 aliphatic heterocycles. The van der Waals surface area contributed by atoms with Gasteiger partial charge in [-0.1, -0.05) is 11.6 Å². The summed E-state index contributed by atoms with van der Waals surface area (Å²) in [6.07, 6.45) is 5.07. The van der Waals surface area contributed by atoms with Gasteiger partial charge in [0.25, 0.3) is 5.91 Å². The van der Waals surface area contributed by atoms with Gasteiger partial charge in [0.1, 0.15) is 10.8 Å². The number of fused-ring (bicyclic) bond motifs is 1. The van der Waals surface area contributed by atoms with Crippen LogP contribution in [0.1, 0.15) is 40.6 Å². The summed E-state index contributed by atoms with van der Waals surface area (Å²) in [5.74, 6) is -1.07. The molecule has 27 heavy (non-hydrogen) atoms. The Morgan fingerprint density at radius 3 is 2.70 bits per heavy atom. The number of nitrogens with zero attached hydrogens (tertiary/aromatic N) is 1. The molecule has 7 nitrogen and oxygen atoms in total. The first-order chi connectivity index (χ1) is 12.9. The van der Waals surface area contributed by atoms with Crippen LogP contribution in [0.2, 0.25) is 5.02 Å². The molecule has 0 saturated heterocycles. The molecule has 1 aliphatic rings. The van der Waals surface area contributed by atoms with E-state index in [0.717, 1.165) is 36.1 Å². The van der Waals surface area contributed by atoms with E-state index in [2.05, 4.69) is 15.6 Å². The molecule has 142 valence electrons. The quantitative estimate of drug-likeness (QED) is 0.740. The lowest BCUT2D eigenvalue weighted by Gasteiger charge is -2.12. The van der Waals surface area contributed by atoms with Crippen molar-refractivity contribution in [1.29, 1.82) is 0 Å². The molecule has 3 rings (SSSR count). The summed E-state index contributed by atoms with van der Waals surface area (Å²) >= 11 is 7.14. The van der Waals surface area contributed by atoms with Crippen LogP contribution in [0.3, 0.4) is 0 Å². The Morgan fingerprint density at radius 2 is 2.00 bits per heavy atom. The van der Waals surface area contributed by atoms with Crippen molar-refractivity contribution < 1.29 is 19.1 Å². The van der Waals surface area contributed by atoms with Crippen LogP contribution in [-0.2, 0) is 27.2 Å². The van der Waals surface area contributed by atoms with E-state index < -0.39 is 18.5 Å². The Hall–Kier alpha value is -2.45. The molecule has 0 atom stereocenters. The van der Waals surface area contributed by atoms with Gasteiger partial charge in [0.05, 0.1) is 10.6 Å². The van der Waals surface area contributed by atoms with E-state index in [4.69, 9.17) is 16.3 Å². The van der Waals surface area contributed by atoms with Crippen molar-refractivity contribution in [2.24, 2.45) is 0 Å². The lowest BCUT2D eigenvalue weighted by Crippen LogP contribution is -2.22. The monoisotopic (exact) mass is 407 g/mol. The maximum Gasteiger partial charge on any atom is 0.341 e. The second kappa shape index (κ2) is 8.49. The van der Waals surface area contributed by atoms with Gasteiger partial charge in [0.15, 0.2) is 6.61 Å². The molecule has 0 bridgehead atoms. The summed E-state index contributed by atoms with van der Waals surface area (Å²) in [6, 6.07) is 3.14. The number of carbonyl (C=O) groups excluding carboxylic acids is 3. The van der Waals surface area contributed by atoms with Crippen LogP contribution < -0.4 is 10.6 Å². The summed E-state index contributed by atoms with van der Waals surface area (Å²) in [4.78, 5) is 41.1. The number of rotatable bonds is 5. The minimum Gasteiger partial charge on any atom is -0.452 e. The Morgan fingerprint density at radius 1 is 1.22 bits per heavy atom. The van der Waals surface area contributed by atoms with Crippen molar-refractivity contribution in [1.82, 2.24) is 4.98 Å². The molecule has 2 aromatic rings. The van der Waals surface area contributed by atoms with Gasteiger partial charge in [-0.3, -0.25) is 9.59 Å². The van der Waals surface area contributed by atoms with E-state index in [-0.39, 0.29) is 5.91 Å². The highest BCUT2D eigenvalue weighted by atomic mass is 35.5. The number of anilines is 2. The highest BCUT2D eigenvalue weighted by Gasteiger charge is 2.27. The molecule has 0 unspecified atom stereocenters. The van der Waals surface area contributed by atoms with Crippen LogP contribution in [0.25, 0.3) is 0 Å². The maximum absolute atomic E-state index is 12.6. The Bertz CT molecular complexity index is 879. The van der Waals surface area contributed by atoms with Gasteiger partial charge in [0, 0.05) is 18.0 Å². The van der Waals surface area contributed by atoms with E-state index >= 15 is 0 Å². The van der Waals surface area contributed by atoms with Crippen molar-refractivity contribution in [3.63, 3.8) is 0 Å². The lowest BCUT2D eigenvalue weighted by atomic mass is 9.95. The molecule has 2 aromatic heterocycles. The Kier molecular flexibility index (Phi) is 6.08. The van der Waals surface area contributed by atoms with Crippen molar-refractivity contribution in [2.45, 2.75) is 32.6 Å². The van der Waals surface area contributed by atoms with E-state index in [0.29, 0.717) is 21.4 Å². The molecule has 9 heteroatoms. The third-order valence-electron chi connectivity index (χ3n) is 3.99. The number of pyridine rings is 1. The highest BCUT2D eigenvalue weighted by Crippen LogP contribution is 2.38. The fraction of sp³-hybridized carbons (Fsp3) is 0.333. The zero-order valence-corrected chi connectivity index (χ0v) is 16.2. The molecule has 0 saturated carbocycles. The molecule has 0 aromatic carbocycles. The number of ether oxygens (including phenoxy) is 1. The molecular weight excluding hydrogens is 390 g/mol. The Labute approximate surface area is 165 Å². The first kappa shape index (κ1) is 19.3. The SMILES string of the molecule is CC(=O)Nc1sc2c(c1C(=O)OCC(=O)Nc1ccc(Cl)cn1)CCCC2. The molecule has 0 fully saturated rings. The number of amides is 2. The number of halogens is 1. The van der Waals surface area contributed by atoms with Gasteiger partial charge < -0.3 is 15.4 Å². The average Bonchev–Trinajstić information content (AvgIpc) is 2.98. The third-order valence-corrected chi connectivity index (χ3v) is 5.43. The fourth-order valence-electron chi connectivity index (χ4n) is 2.86. The van der Waals surface area contributed by atoms with E-state index in [1.807, 2.05) is 0 Å². The number of thiophene rings is 1. The van der Waals surface area contributed by atoms with E-state index in [9.17, 15) is 14.4 Å². The molecule has 0 radical (unpaired) electrons. The molecular formula is C18H18ClN3O4S. The van der Waals surface area contributed by atoms with Gasteiger partial charge in [-0.2, -0.15) is 0 Å². The summed E-state index contributed by atoms with van der Waals surface area (Å²) in [5.41, 5.74) is 1.28. The van der Waals surface area contributed by atoms with Gasteiger partial charge in [-0.05, 0) is 43.4 Å². The lowest BCUT2D eigenvalue weighted by molar-refractivity contribution is -0.119. The van der Waals surface area contributed by atoms with Gasteiger partial charge in [-0.25, -0.2) is 9.78 Å². The van der Waals surface area contributed by atoms with Crippen molar-refractivity contribution in [3.05, 3.63) is 39.4 Å². The fourth-order valence-corrected chi connectivity index (χ4v) is 4.30. The number of carbonyl (C=O) groups is 3. The minimum absolute atomic E-state index is 0.255. The second-order valence-electron chi connectivity index (χ2n) is 6.08. The van der Waals surface area contributed by atoms with Crippen LogP contribution in [-0.4, -0.2) is 29.4 Å². The van der Waals surface area contributed by atoms with Crippen molar-refractivity contribution in [2.75, 3.05) is 17.2 Å². The molecule has 0 spiro atoms. The van der Waals surface area contributed by atoms with Crippen molar-refractivity contribution in [3.8, 4) is 0 Å². The maximum atomic E-state index is 12.6. The Balaban J connectivity index is 1.68. The van der Waals surface area contributed by atoms with Gasteiger partial charge in [-0.15, -0.1) is 11.3 Å². The predicted octanol–water partition coefficient (Wildman–Crippen LogP) is 3.43. The van der Waals surface area contributed by atoms with Crippen LogP contribution >= 0.6 is 22.9 Å². The molecule has 1 aliphatic carbocycles. The van der Waals surface area contributed by atoms with Crippen molar-refractivity contribution >= 4 is 51.5 Å². The second-order valence-corrected chi connectivity index (χ2v) is 7.62. The van der Waals surface area contributed by atoms with Crippen LogP contribution in [0, 0.1) is 0 Å². The topological polar surface area (TPSA) is 97.4 Å². The van der Waals surface area contributed by atoms with Crippen LogP contribution in [0.15, 0.2) is 18.3 Å². The average molecular weight is 408 g/mol. The number of hydrogen-bond acceptors (Lipinski definition) is 6. The zero-order valence-electron chi connectivity index (χ0n) is 14.6. The third kappa shape index (κ3) is 4.84. The summed E-state index contributed by atoms with van der Waals surface area (Å²) < 4.78 is 5.18. The van der Waals surface area contributed by atoms with Crippen LogP contribution in [0.5, 0.6) is 0 Å². The van der Waals surface area contributed by atoms with Gasteiger partial charge >= 0.3 is 5.97 Å². The number of hydrogen-bond donors (Lipinski definition) is 2. The predicted molar refractivity (Wildman–Crippen MR) is 103 cm³/mol.